The summed E-state index contributed by atoms with van der Waals surface area (Å²) in [5, 5.41) is 5.14. The lowest BCUT2D eigenvalue weighted by Crippen LogP contribution is -2.21. The van der Waals surface area contributed by atoms with Gasteiger partial charge >= 0.3 is 0 Å². The molecule has 3 heterocycles. The Bertz CT molecular complexity index is 1820. The van der Waals surface area contributed by atoms with E-state index < -0.39 is 0 Å². The van der Waals surface area contributed by atoms with Crippen LogP contribution >= 0.6 is 0 Å². The molecule has 3 aromatic heterocycles. The van der Waals surface area contributed by atoms with Crippen molar-refractivity contribution in [1.29, 1.82) is 0 Å². The van der Waals surface area contributed by atoms with Crippen molar-refractivity contribution < 1.29 is 0 Å². The first-order chi connectivity index (χ1) is 18.1. The summed E-state index contributed by atoms with van der Waals surface area (Å²) in [6.07, 6.45) is 4.09. The third-order valence-electron chi connectivity index (χ3n) is 6.62. The van der Waals surface area contributed by atoms with Gasteiger partial charge in [0.05, 0.1) is 23.6 Å². The Morgan fingerprint density at radius 1 is 0.865 bits per heavy atom. The van der Waals surface area contributed by atoms with Gasteiger partial charge in [-0.1, -0.05) is 80.6 Å². The highest BCUT2D eigenvalue weighted by Crippen LogP contribution is 2.25. The van der Waals surface area contributed by atoms with Gasteiger partial charge in [0.15, 0.2) is 11.3 Å². The van der Waals surface area contributed by atoms with Gasteiger partial charge in [0, 0.05) is 6.54 Å². The van der Waals surface area contributed by atoms with Crippen LogP contribution in [0.5, 0.6) is 0 Å². The van der Waals surface area contributed by atoms with Crippen LogP contribution in [-0.2, 0) is 13.0 Å². The summed E-state index contributed by atoms with van der Waals surface area (Å²) in [4.78, 5) is 28.0. The molecule has 0 saturated heterocycles. The van der Waals surface area contributed by atoms with Gasteiger partial charge in [0.25, 0.3) is 5.56 Å². The van der Waals surface area contributed by atoms with Gasteiger partial charge in [0.1, 0.15) is 10.9 Å². The molecule has 0 atom stereocenters. The number of para-hydroxylation sites is 2. The number of nitrogens with zero attached hydrogens (tertiary/aromatic N) is 6. The van der Waals surface area contributed by atoms with Gasteiger partial charge < -0.3 is 0 Å². The minimum atomic E-state index is -0.147. The van der Waals surface area contributed by atoms with E-state index in [9.17, 15) is 4.79 Å². The normalized spacial score (nSPS) is 12.0. The molecule has 0 aliphatic heterocycles. The predicted molar refractivity (Wildman–Crippen MR) is 148 cm³/mol. The van der Waals surface area contributed by atoms with E-state index in [1.807, 2.05) is 54.6 Å². The molecule has 3 aromatic carbocycles. The Balaban J connectivity index is 1.49. The average Bonchev–Trinajstić information content (AvgIpc) is 3.24. The number of rotatable bonds is 6. The van der Waals surface area contributed by atoms with Gasteiger partial charge in [0.2, 0.25) is 0 Å². The molecule has 0 bridgehead atoms. The van der Waals surface area contributed by atoms with Gasteiger partial charge in [-0.15, -0.1) is 0 Å². The minimum Gasteiger partial charge on any atom is -0.298 e. The van der Waals surface area contributed by atoms with Crippen molar-refractivity contribution in [1.82, 2.24) is 24.2 Å². The largest absolute Gasteiger partial charge is 0.298 e. The summed E-state index contributed by atoms with van der Waals surface area (Å²) < 4.78 is 3.27. The molecular weight excluding hydrogens is 460 g/mol. The summed E-state index contributed by atoms with van der Waals surface area (Å²) in [7, 11) is 0. The highest BCUT2D eigenvalue weighted by atomic mass is 16.1. The molecule has 182 valence electrons. The van der Waals surface area contributed by atoms with Crippen LogP contribution in [0, 0.1) is 0 Å². The third-order valence-corrected chi connectivity index (χ3v) is 6.62. The lowest BCUT2D eigenvalue weighted by atomic mass is 10.0. The topological polar surface area (TPSA) is 78.0 Å². The smallest absolute Gasteiger partial charge is 0.265 e. The zero-order valence-electron chi connectivity index (χ0n) is 20.7. The van der Waals surface area contributed by atoms with E-state index in [-0.39, 0.29) is 5.56 Å². The quantitative estimate of drug-likeness (QED) is 0.290. The van der Waals surface area contributed by atoms with Gasteiger partial charge in [-0.25, -0.2) is 15.0 Å². The van der Waals surface area contributed by atoms with Crippen LogP contribution in [0.4, 0.5) is 0 Å². The van der Waals surface area contributed by atoms with E-state index in [0.717, 1.165) is 28.6 Å². The van der Waals surface area contributed by atoms with E-state index in [1.54, 1.807) is 21.8 Å². The number of aromatic nitrogens is 5. The molecule has 0 amide bonds. The maximum atomic E-state index is 13.7. The Labute approximate surface area is 213 Å². The second-order valence-corrected chi connectivity index (χ2v) is 9.44. The Morgan fingerprint density at radius 3 is 2.30 bits per heavy atom. The van der Waals surface area contributed by atoms with Crippen LogP contribution in [0.2, 0.25) is 0 Å². The fraction of sp³-hybridized carbons (Fsp3) is 0.167. The van der Waals surface area contributed by atoms with Crippen LogP contribution in [0.15, 0.2) is 95.1 Å². The van der Waals surface area contributed by atoms with E-state index in [1.165, 1.54) is 5.56 Å². The van der Waals surface area contributed by atoms with Crippen molar-refractivity contribution in [2.45, 2.75) is 32.7 Å². The van der Waals surface area contributed by atoms with Crippen LogP contribution in [0.1, 0.15) is 36.5 Å². The van der Waals surface area contributed by atoms with Crippen LogP contribution < -0.4 is 5.56 Å². The SMILES string of the molecule is CC(C)c1ccc(/C=N\n2c3nc4ccccc4nc3c3c(=O)n(CCc4ccccc4)cnc32)cc1. The lowest BCUT2D eigenvalue weighted by Gasteiger charge is -2.06. The molecular formula is C30H26N6O. The van der Waals surface area contributed by atoms with Crippen LogP contribution in [0.3, 0.4) is 0 Å². The predicted octanol–water partition coefficient (Wildman–Crippen LogP) is 5.54. The minimum absolute atomic E-state index is 0.147. The van der Waals surface area contributed by atoms with E-state index in [0.29, 0.717) is 34.7 Å². The van der Waals surface area contributed by atoms with E-state index in [4.69, 9.17) is 15.1 Å². The molecule has 7 heteroatoms. The summed E-state index contributed by atoms with van der Waals surface area (Å²) in [6.45, 7) is 4.86. The monoisotopic (exact) mass is 486 g/mol. The van der Waals surface area contributed by atoms with Crippen molar-refractivity contribution in [2.75, 3.05) is 0 Å². The molecule has 0 unspecified atom stereocenters. The molecule has 0 aliphatic rings. The molecule has 7 nitrogen and oxygen atoms in total. The van der Waals surface area contributed by atoms with Crippen LogP contribution in [0.25, 0.3) is 33.2 Å². The Kier molecular flexibility index (Phi) is 5.81. The van der Waals surface area contributed by atoms with E-state index in [2.05, 4.69) is 43.1 Å². The van der Waals surface area contributed by atoms with Crippen molar-refractivity contribution in [2.24, 2.45) is 5.10 Å². The van der Waals surface area contributed by atoms with Crippen molar-refractivity contribution in [3.05, 3.63) is 112 Å². The molecule has 6 rings (SSSR count). The van der Waals surface area contributed by atoms with Crippen molar-refractivity contribution in [3.63, 3.8) is 0 Å². The van der Waals surface area contributed by atoms with Crippen LogP contribution in [-0.4, -0.2) is 30.4 Å². The molecule has 0 fully saturated rings. The van der Waals surface area contributed by atoms with Crippen molar-refractivity contribution >= 4 is 39.4 Å². The second kappa shape index (κ2) is 9.43. The fourth-order valence-corrected chi connectivity index (χ4v) is 4.51. The molecule has 37 heavy (non-hydrogen) atoms. The summed E-state index contributed by atoms with van der Waals surface area (Å²) in [5.74, 6) is 0.458. The highest BCUT2D eigenvalue weighted by molar-refractivity contribution is 6.04. The molecule has 0 saturated carbocycles. The number of hydrogen-bond acceptors (Lipinski definition) is 5. The summed E-state index contributed by atoms with van der Waals surface area (Å²) >= 11 is 0. The molecule has 0 N–H and O–H groups in total. The standard InChI is InChI=1S/C30H26N6O/c1-20(2)23-14-12-22(13-15-23)18-32-36-28-26(27-29(36)34-25-11-7-6-10-24(25)33-27)30(37)35(19-31-28)17-16-21-8-4-3-5-9-21/h3-15,18-20H,16-17H2,1-2H3/b32-18-. The lowest BCUT2D eigenvalue weighted by molar-refractivity contribution is 0.661. The highest BCUT2D eigenvalue weighted by Gasteiger charge is 2.19. The maximum absolute atomic E-state index is 13.7. The molecule has 0 spiro atoms. The van der Waals surface area contributed by atoms with Gasteiger partial charge in [-0.2, -0.15) is 9.78 Å². The first-order valence-corrected chi connectivity index (χ1v) is 12.4. The summed E-state index contributed by atoms with van der Waals surface area (Å²) in [6, 6.07) is 26.0. The molecule has 0 aliphatic carbocycles. The third kappa shape index (κ3) is 4.29. The second-order valence-electron chi connectivity index (χ2n) is 9.44. The maximum Gasteiger partial charge on any atom is 0.265 e. The first kappa shape index (κ1) is 22.8. The zero-order chi connectivity index (χ0) is 25.4. The first-order valence-electron chi connectivity index (χ1n) is 12.4. The Morgan fingerprint density at radius 2 is 1.57 bits per heavy atom. The zero-order valence-corrected chi connectivity index (χ0v) is 20.7. The number of fused-ring (bicyclic) bond motifs is 4. The molecule has 0 radical (unpaired) electrons. The van der Waals surface area contributed by atoms with Gasteiger partial charge in [-0.3, -0.25) is 9.36 Å². The Hall–Kier alpha value is -4.65. The fourth-order valence-electron chi connectivity index (χ4n) is 4.51. The number of aryl methyl sites for hydroxylation is 2. The summed E-state index contributed by atoms with van der Waals surface area (Å²) in [5.41, 5.74) is 6.15. The number of hydrogen-bond donors (Lipinski definition) is 0. The van der Waals surface area contributed by atoms with E-state index >= 15 is 0 Å². The van der Waals surface area contributed by atoms with Gasteiger partial charge in [-0.05, 0) is 41.2 Å². The molecule has 6 aromatic rings. The van der Waals surface area contributed by atoms with Crippen molar-refractivity contribution in [3.8, 4) is 0 Å². The average molecular weight is 487 g/mol. The number of benzene rings is 3.